The van der Waals surface area contributed by atoms with Gasteiger partial charge in [0.1, 0.15) is 0 Å². The van der Waals surface area contributed by atoms with Crippen LogP contribution in [0.5, 0.6) is 0 Å². The Labute approximate surface area is 105 Å². The molecule has 1 unspecified atom stereocenters. The molecule has 1 saturated heterocycles. The molecule has 0 bridgehead atoms. The Morgan fingerprint density at radius 1 is 1.44 bits per heavy atom. The van der Waals surface area contributed by atoms with Crippen molar-refractivity contribution in [3.63, 3.8) is 0 Å². The number of rotatable bonds is 5. The van der Waals surface area contributed by atoms with Gasteiger partial charge in [0.2, 0.25) is 0 Å². The van der Waals surface area contributed by atoms with Gasteiger partial charge < -0.3 is 15.5 Å². The average Bonchev–Trinajstić information content (AvgIpc) is 2.20. The zero-order valence-corrected chi connectivity index (χ0v) is 11.6. The number of likely N-dealkylation sites (tertiary alicyclic amines) is 1. The molecule has 0 aromatic heterocycles. The van der Waals surface area contributed by atoms with Crippen molar-refractivity contribution in [3.8, 4) is 0 Å². The fraction of sp³-hybridized carbons (Fsp3) is 0.917. The number of thiocarbonyl (C=S) groups is 1. The van der Waals surface area contributed by atoms with E-state index in [1.54, 1.807) is 0 Å². The molecule has 1 rings (SSSR count). The third-order valence-corrected chi connectivity index (χ3v) is 3.75. The molecule has 1 fully saturated rings. The van der Waals surface area contributed by atoms with Gasteiger partial charge in [-0.3, -0.25) is 0 Å². The molecule has 1 aliphatic rings. The first-order valence-electron chi connectivity index (χ1n) is 6.15. The van der Waals surface area contributed by atoms with E-state index in [0.29, 0.717) is 10.9 Å². The minimum Gasteiger partial charge on any atom is -0.393 e. The van der Waals surface area contributed by atoms with Crippen LogP contribution >= 0.6 is 12.2 Å². The molecule has 1 atom stereocenters. The van der Waals surface area contributed by atoms with Gasteiger partial charge in [0.05, 0.1) is 4.99 Å². The second-order valence-electron chi connectivity index (χ2n) is 5.31. The second kappa shape index (κ2) is 6.52. The Bertz CT molecular complexity index is 222. The molecule has 1 heterocycles. The first-order valence-corrected chi connectivity index (χ1v) is 6.56. The summed E-state index contributed by atoms with van der Waals surface area (Å²) < 4.78 is 0. The van der Waals surface area contributed by atoms with Crippen LogP contribution in [0.2, 0.25) is 0 Å². The zero-order valence-electron chi connectivity index (χ0n) is 10.8. The highest BCUT2D eigenvalue weighted by Crippen LogP contribution is 2.18. The molecular weight excluding hydrogens is 218 g/mol. The number of hydrogen-bond donors (Lipinski definition) is 1. The van der Waals surface area contributed by atoms with Crippen LogP contribution in [-0.4, -0.2) is 55.1 Å². The van der Waals surface area contributed by atoms with Crippen LogP contribution in [0.4, 0.5) is 0 Å². The van der Waals surface area contributed by atoms with Crippen molar-refractivity contribution in [1.82, 2.24) is 9.80 Å². The highest BCUT2D eigenvalue weighted by molar-refractivity contribution is 7.80. The molecule has 3 nitrogen and oxygen atoms in total. The van der Waals surface area contributed by atoms with Crippen molar-refractivity contribution in [2.45, 2.75) is 19.8 Å². The lowest BCUT2D eigenvalue weighted by atomic mass is 9.95. The number of nitrogens with zero attached hydrogens (tertiary/aromatic N) is 2. The molecule has 0 aromatic carbocycles. The molecule has 94 valence electrons. The highest BCUT2D eigenvalue weighted by Gasteiger charge is 2.21. The Morgan fingerprint density at radius 2 is 2.00 bits per heavy atom. The van der Waals surface area contributed by atoms with Gasteiger partial charge >= 0.3 is 0 Å². The summed E-state index contributed by atoms with van der Waals surface area (Å²) in [7, 11) is 4.31. The van der Waals surface area contributed by atoms with E-state index in [1.807, 2.05) is 0 Å². The van der Waals surface area contributed by atoms with Gasteiger partial charge in [0.15, 0.2) is 0 Å². The third kappa shape index (κ3) is 4.76. The third-order valence-electron chi connectivity index (χ3n) is 3.35. The van der Waals surface area contributed by atoms with E-state index in [1.165, 1.54) is 32.5 Å². The molecule has 0 saturated carbocycles. The Morgan fingerprint density at radius 3 is 2.44 bits per heavy atom. The van der Waals surface area contributed by atoms with Crippen molar-refractivity contribution in [2.75, 3.05) is 40.3 Å². The SMILES string of the molecule is CC(CN1CCC(CN(C)C)CC1)C(N)=S. The molecule has 0 aromatic rings. The maximum atomic E-state index is 5.64. The summed E-state index contributed by atoms with van der Waals surface area (Å²) in [6.07, 6.45) is 2.62. The van der Waals surface area contributed by atoms with Gasteiger partial charge in [0, 0.05) is 19.0 Å². The molecule has 0 radical (unpaired) electrons. The molecule has 4 heteroatoms. The van der Waals surface area contributed by atoms with E-state index in [4.69, 9.17) is 18.0 Å². The Hall–Kier alpha value is -0.190. The lowest BCUT2D eigenvalue weighted by Crippen LogP contribution is -2.41. The molecular formula is C12H25N3S. The van der Waals surface area contributed by atoms with Gasteiger partial charge in [-0.05, 0) is 45.9 Å². The fourth-order valence-corrected chi connectivity index (χ4v) is 2.42. The minimum atomic E-state index is 0.348. The van der Waals surface area contributed by atoms with Gasteiger partial charge in [-0.1, -0.05) is 19.1 Å². The summed E-state index contributed by atoms with van der Waals surface area (Å²) >= 11 is 5.01. The van der Waals surface area contributed by atoms with Gasteiger partial charge in [-0.2, -0.15) is 0 Å². The number of nitrogens with two attached hydrogens (primary N) is 1. The minimum absolute atomic E-state index is 0.348. The second-order valence-corrected chi connectivity index (χ2v) is 5.78. The fourth-order valence-electron chi connectivity index (χ4n) is 2.35. The van der Waals surface area contributed by atoms with Crippen LogP contribution in [-0.2, 0) is 0 Å². The van der Waals surface area contributed by atoms with Crippen LogP contribution in [0.15, 0.2) is 0 Å². The van der Waals surface area contributed by atoms with Crippen molar-refractivity contribution >= 4 is 17.2 Å². The first-order chi connectivity index (χ1) is 7.49. The van der Waals surface area contributed by atoms with Crippen LogP contribution in [0.1, 0.15) is 19.8 Å². The maximum Gasteiger partial charge on any atom is 0.0768 e. The quantitative estimate of drug-likeness (QED) is 0.735. The summed E-state index contributed by atoms with van der Waals surface area (Å²) in [5.41, 5.74) is 5.64. The van der Waals surface area contributed by atoms with E-state index in [-0.39, 0.29) is 0 Å². The molecule has 16 heavy (non-hydrogen) atoms. The topological polar surface area (TPSA) is 32.5 Å². The highest BCUT2D eigenvalue weighted by atomic mass is 32.1. The van der Waals surface area contributed by atoms with Crippen molar-refractivity contribution in [1.29, 1.82) is 0 Å². The lowest BCUT2D eigenvalue weighted by Gasteiger charge is -2.34. The number of hydrogen-bond acceptors (Lipinski definition) is 3. The van der Waals surface area contributed by atoms with Crippen LogP contribution < -0.4 is 5.73 Å². The van der Waals surface area contributed by atoms with E-state index >= 15 is 0 Å². The van der Waals surface area contributed by atoms with Gasteiger partial charge in [0.25, 0.3) is 0 Å². The van der Waals surface area contributed by atoms with E-state index < -0.39 is 0 Å². The van der Waals surface area contributed by atoms with Crippen LogP contribution in [0, 0.1) is 11.8 Å². The van der Waals surface area contributed by atoms with E-state index in [9.17, 15) is 0 Å². The summed E-state index contributed by atoms with van der Waals surface area (Å²) in [4.78, 5) is 5.43. The van der Waals surface area contributed by atoms with Crippen molar-refractivity contribution < 1.29 is 0 Å². The molecule has 0 amide bonds. The zero-order chi connectivity index (χ0) is 12.1. The Kier molecular flexibility index (Phi) is 5.66. The summed E-state index contributed by atoms with van der Waals surface area (Å²) in [5.74, 6) is 1.21. The molecule has 0 spiro atoms. The standard InChI is InChI=1S/C12H25N3S/c1-10(12(13)16)8-15-6-4-11(5-7-15)9-14(2)3/h10-11H,4-9H2,1-3H3,(H2,13,16). The molecule has 0 aliphatic carbocycles. The van der Waals surface area contributed by atoms with Crippen LogP contribution in [0.3, 0.4) is 0 Å². The van der Waals surface area contributed by atoms with Gasteiger partial charge in [-0.25, -0.2) is 0 Å². The number of piperidine rings is 1. The lowest BCUT2D eigenvalue weighted by molar-refractivity contribution is 0.156. The predicted octanol–water partition coefficient (Wildman–Crippen LogP) is 1.18. The first kappa shape index (κ1) is 13.9. The summed E-state index contributed by atoms with van der Waals surface area (Å²) in [6, 6.07) is 0. The summed E-state index contributed by atoms with van der Waals surface area (Å²) in [6.45, 7) is 6.77. The maximum absolute atomic E-state index is 5.64. The molecule has 2 N–H and O–H groups in total. The van der Waals surface area contributed by atoms with Gasteiger partial charge in [-0.15, -0.1) is 0 Å². The average molecular weight is 243 g/mol. The monoisotopic (exact) mass is 243 g/mol. The summed E-state index contributed by atoms with van der Waals surface area (Å²) in [5, 5.41) is 0. The van der Waals surface area contributed by atoms with E-state index in [0.717, 1.165) is 12.5 Å². The Balaban J connectivity index is 2.24. The van der Waals surface area contributed by atoms with E-state index in [2.05, 4.69) is 30.8 Å². The largest absolute Gasteiger partial charge is 0.393 e. The normalized spacial score (nSPS) is 21.2. The molecule has 1 aliphatic heterocycles. The van der Waals surface area contributed by atoms with Crippen molar-refractivity contribution in [3.05, 3.63) is 0 Å². The predicted molar refractivity (Wildman–Crippen MR) is 73.7 cm³/mol. The smallest absolute Gasteiger partial charge is 0.0768 e. The van der Waals surface area contributed by atoms with Crippen LogP contribution in [0.25, 0.3) is 0 Å². The van der Waals surface area contributed by atoms with Crippen molar-refractivity contribution in [2.24, 2.45) is 17.6 Å².